The van der Waals surface area contributed by atoms with Gasteiger partial charge >= 0.3 is 12.1 Å². The third-order valence-corrected chi connectivity index (χ3v) is 3.22. The van der Waals surface area contributed by atoms with Crippen LogP contribution in [0, 0.1) is 0 Å². The van der Waals surface area contributed by atoms with Crippen LogP contribution in [0.3, 0.4) is 0 Å². The van der Waals surface area contributed by atoms with E-state index >= 15 is 0 Å². The van der Waals surface area contributed by atoms with Crippen molar-refractivity contribution >= 4 is 17.3 Å². The molecule has 0 bridgehead atoms. The highest BCUT2D eigenvalue weighted by Gasteiger charge is 2.30. The molecule has 2 aromatic rings. The van der Waals surface area contributed by atoms with Crippen molar-refractivity contribution in [3.05, 3.63) is 59.2 Å². The van der Waals surface area contributed by atoms with Gasteiger partial charge in [0.05, 0.1) is 16.8 Å². The van der Waals surface area contributed by atoms with E-state index < -0.39 is 17.7 Å². The summed E-state index contributed by atoms with van der Waals surface area (Å²) in [5.41, 5.74) is 0.465. The van der Waals surface area contributed by atoms with Crippen LogP contribution in [-0.2, 0) is 12.6 Å². The summed E-state index contributed by atoms with van der Waals surface area (Å²) in [5, 5.41) is 12.0. The summed E-state index contributed by atoms with van der Waals surface area (Å²) in [6.07, 6.45) is -3.89. The maximum absolute atomic E-state index is 12.7. The number of benzene rings is 2. The van der Waals surface area contributed by atoms with Crippen LogP contribution in [0.25, 0.3) is 0 Å². The fourth-order valence-corrected chi connectivity index (χ4v) is 2.14. The summed E-state index contributed by atoms with van der Waals surface area (Å²) in [7, 11) is 0. The lowest BCUT2D eigenvalue weighted by atomic mass is 10.0. The molecule has 0 atom stereocenters. The third-order valence-electron chi connectivity index (χ3n) is 3.22. The largest absolute Gasteiger partial charge is 0.478 e. The van der Waals surface area contributed by atoms with Crippen LogP contribution in [0.4, 0.5) is 24.5 Å². The van der Waals surface area contributed by atoms with Crippen molar-refractivity contribution < 1.29 is 23.1 Å². The van der Waals surface area contributed by atoms with E-state index in [1.807, 2.05) is 6.92 Å². The van der Waals surface area contributed by atoms with Gasteiger partial charge in [-0.15, -0.1) is 0 Å². The van der Waals surface area contributed by atoms with E-state index in [-0.39, 0.29) is 11.3 Å². The fraction of sp³-hybridized carbons (Fsp3) is 0.188. The predicted octanol–water partition coefficient (Wildman–Crippen LogP) is 4.71. The molecule has 116 valence electrons. The molecule has 6 heteroatoms. The number of carboxylic acid groups (broad SMARTS) is 1. The van der Waals surface area contributed by atoms with Crippen LogP contribution in [0.5, 0.6) is 0 Å². The number of carbonyl (C=O) groups is 1. The molecule has 0 aliphatic heterocycles. The molecular weight excluding hydrogens is 295 g/mol. The number of anilines is 2. The number of alkyl halides is 3. The highest BCUT2D eigenvalue weighted by Crippen LogP contribution is 2.32. The Balaban J connectivity index is 2.45. The molecular formula is C16H14F3NO2. The third kappa shape index (κ3) is 3.39. The minimum atomic E-state index is -4.45. The highest BCUT2D eigenvalue weighted by atomic mass is 19.4. The van der Waals surface area contributed by atoms with Gasteiger partial charge in [-0.3, -0.25) is 0 Å². The van der Waals surface area contributed by atoms with Gasteiger partial charge in [0.15, 0.2) is 0 Å². The smallest absolute Gasteiger partial charge is 0.416 e. The van der Waals surface area contributed by atoms with Crippen molar-refractivity contribution in [2.45, 2.75) is 19.5 Å². The summed E-state index contributed by atoms with van der Waals surface area (Å²) in [4.78, 5) is 11.3. The number of para-hydroxylation sites is 1. The Bertz CT molecular complexity index is 696. The summed E-state index contributed by atoms with van der Waals surface area (Å²) < 4.78 is 38.2. The first-order valence-electron chi connectivity index (χ1n) is 6.62. The Hall–Kier alpha value is -2.50. The second kappa shape index (κ2) is 6.09. The summed E-state index contributed by atoms with van der Waals surface area (Å²) in [6, 6.07) is 9.43. The topological polar surface area (TPSA) is 49.3 Å². The zero-order valence-electron chi connectivity index (χ0n) is 11.7. The molecule has 3 nitrogen and oxygen atoms in total. The lowest BCUT2D eigenvalue weighted by molar-refractivity contribution is -0.137. The van der Waals surface area contributed by atoms with E-state index in [1.54, 1.807) is 12.1 Å². The molecule has 0 saturated carbocycles. The zero-order chi connectivity index (χ0) is 16.3. The Morgan fingerprint density at radius 1 is 1.18 bits per heavy atom. The van der Waals surface area contributed by atoms with Crippen molar-refractivity contribution in [2.24, 2.45) is 0 Å². The second-order valence-corrected chi connectivity index (χ2v) is 4.70. The molecule has 0 unspecified atom stereocenters. The highest BCUT2D eigenvalue weighted by molar-refractivity contribution is 5.96. The van der Waals surface area contributed by atoms with Gasteiger partial charge in [-0.1, -0.05) is 25.1 Å². The standard InChI is InChI=1S/C16H14F3NO2/c1-2-10-5-3-8-13(15(21)22)14(10)20-12-7-4-6-11(9-12)16(17,18)19/h3-9,20H,2H2,1H3,(H,21,22). The summed E-state index contributed by atoms with van der Waals surface area (Å²) >= 11 is 0. The second-order valence-electron chi connectivity index (χ2n) is 4.70. The first-order chi connectivity index (χ1) is 10.3. The van der Waals surface area contributed by atoms with Crippen LogP contribution in [-0.4, -0.2) is 11.1 Å². The van der Waals surface area contributed by atoms with Crippen LogP contribution in [0.15, 0.2) is 42.5 Å². The lowest BCUT2D eigenvalue weighted by Gasteiger charge is -2.15. The minimum Gasteiger partial charge on any atom is -0.478 e. The Kier molecular flexibility index (Phi) is 4.40. The van der Waals surface area contributed by atoms with Crippen molar-refractivity contribution in [3.63, 3.8) is 0 Å². The number of hydrogen-bond donors (Lipinski definition) is 2. The number of carboxylic acids is 1. The molecule has 2 N–H and O–H groups in total. The van der Waals surface area contributed by atoms with Crippen molar-refractivity contribution in [3.8, 4) is 0 Å². The van der Waals surface area contributed by atoms with Crippen LogP contribution < -0.4 is 5.32 Å². The quantitative estimate of drug-likeness (QED) is 0.860. The molecule has 0 aliphatic rings. The van der Waals surface area contributed by atoms with Crippen LogP contribution in [0.1, 0.15) is 28.4 Å². The van der Waals surface area contributed by atoms with E-state index in [2.05, 4.69) is 5.32 Å². The maximum atomic E-state index is 12.7. The molecule has 22 heavy (non-hydrogen) atoms. The van der Waals surface area contributed by atoms with Crippen molar-refractivity contribution in [1.29, 1.82) is 0 Å². The summed E-state index contributed by atoms with van der Waals surface area (Å²) in [5.74, 6) is -1.13. The van der Waals surface area contributed by atoms with Gasteiger partial charge in [-0.05, 0) is 36.2 Å². The average Bonchev–Trinajstić information content (AvgIpc) is 2.46. The number of aromatic carboxylic acids is 1. The number of nitrogens with one attached hydrogen (secondary N) is 1. The van der Waals surface area contributed by atoms with E-state index in [1.165, 1.54) is 18.2 Å². The molecule has 0 radical (unpaired) electrons. The van der Waals surface area contributed by atoms with E-state index in [9.17, 15) is 23.1 Å². The van der Waals surface area contributed by atoms with Gasteiger partial charge in [0, 0.05) is 5.69 Å². The van der Waals surface area contributed by atoms with Crippen LogP contribution >= 0.6 is 0 Å². The molecule has 0 fully saturated rings. The molecule has 2 aromatic carbocycles. The first kappa shape index (κ1) is 15.9. The fourth-order valence-electron chi connectivity index (χ4n) is 2.14. The van der Waals surface area contributed by atoms with Crippen molar-refractivity contribution in [2.75, 3.05) is 5.32 Å². The van der Waals surface area contributed by atoms with Gasteiger partial charge in [-0.25, -0.2) is 4.79 Å². The molecule has 0 amide bonds. The molecule has 2 rings (SSSR count). The van der Waals surface area contributed by atoms with E-state index in [0.29, 0.717) is 12.1 Å². The number of halogens is 3. The predicted molar refractivity (Wildman–Crippen MR) is 77.5 cm³/mol. The van der Waals surface area contributed by atoms with Gasteiger partial charge < -0.3 is 10.4 Å². The molecule has 0 saturated heterocycles. The number of rotatable bonds is 4. The van der Waals surface area contributed by atoms with Gasteiger partial charge in [-0.2, -0.15) is 13.2 Å². The van der Waals surface area contributed by atoms with Crippen LogP contribution in [0.2, 0.25) is 0 Å². The van der Waals surface area contributed by atoms with Crippen molar-refractivity contribution in [1.82, 2.24) is 0 Å². The van der Waals surface area contributed by atoms with Gasteiger partial charge in [0.1, 0.15) is 0 Å². The average molecular weight is 309 g/mol. The Labute approximate surface area is 125 Å². The lowest BCUT2D eigenvalue weighted by Crippen LogP contribution is -2.08. The SMILES string of the molecule is CCc1cccc(C(=O)O)c1Nc1cccc(C(F)(F)F)c1. The van der Waals surface area contributed by atoms with E-state index in [4.69, 9.17) is 0 Å². The minimum absolute atomic E-state index is 0.0248. The Morgan fingerprint density at radius 2 is 1.86 bits per heavy atom. The molecule has 0 heterocycles. The normalized spacial score (nSPS) is 11.3. The van der Waals surface area contributed by atoms with Gasteiger partial charge in [0.25, 0.3) is 0 Å². The molecule has 0 spiro atoms. The zero-order valence-corrected chi connectivity index (χ0v) is 11.7. The van der Waals surface area contributed by atoms with Gasteiger partial charge in [0.2, 0.25) is 0 Å². The number of hydrogen-bond acceptors (Lipinski definition) is 2. The Morgan fingerprint density at radius 3 is 2.45 bits per heavy atom. The molecule has 0 aromatic heterocycles. The number of aryl methyl sites for hydroxylation is 1. The maximum Gasteiger partial charge on any atom is 0.416 e. The monoisotopic (exact) mass is 309 g/mol. The summed E-state index contributed by atoms with van der Waals surface area (Å²) in [6.45, 7) is 1.85. The molecule has 0 aliphatic carbocycles. The van der Waals surface area contributed by atoms with E-state index in [0.717, 1.165) is 17.7 Å². The first-order valence-corrected chi connectivity index (χ1v) is 6.62.